The molecule has 0 saturated heterocycles. The molecule has 4 N–H and O–H groups in total. The Balaban J connectivity index is 0.000000310. The van der Waals surface area contributed by atoms with E-state index in [1.165, 1.54) is 17.2 Å². The van der Waals surface area contributed by atoms with Crippen molar-refractivity contribution in [3.05, 3.63) is 101 Å². The van der Waals surface area contributed by atoms with E-state index in [1.54, 1.807) is 0 Å². The number of rotatable bonds is 7. The molecule has 0 heterocycles. The number of benzene rings is 3. The first-order chi connectivity index (χ1) is 16.5. The van der Waals surface area contributed by atoms with Crippen molar-refractivity contribution in [1.82, 2.24) is 10.6 Å². The van der Waals surface area contributed by atoms with Gasteiger partial charge < -0.3 is 11.1 Å². The van der Waals surface area contributed by atoms with Crippen LogP contribution in [0.3, 0.4) is 0 Å². The van der Waals surface area contributed by atoms with Gasteiger partial charge in [-0.1, -0.05) is 78.9 Å². The number of para-hydroxylation sites is 1. The van der Waals surface area contributed by atoms with Gasteiger partial charge in [0.25, 0.3) is 0 Å². The summed E-state index contributed by atoms with van der Waals surface area (Å²) in [5.74, 6) is 0.0830. The molecule has 0 aromatic heterocycles. The average molecular weight is 458 g/mol. The third-order valence-corrected chi connectivity index (χ3v) is 4.88. The number of carbonyl (C=O) groups is 1. The lowest BCUT2D eigenvalue weighted by Crippen LogP contribution is -2.43. The van der Waals surface area contributed by atoms with E-state index in [9.17, 15) is 9.59 Å². The van der Waals surface area contributed by atoms with Gasteiger partial charge in [-0.15, -0.1) is 0 Å². The van der Waals surface area contributed by atoms with E-state index in [-0.39, 0.29) is 12.0 Å². The highest BCUT2D eigenvalue weighted by Crippen LogP contribution is 2.22. The Morgan fingerprint density at radius 3 is 1.97 bits per heavy atom. The summed E-state index contributed by atoms with van der Waals surface area (Å²) in [5.41, 5.74) is 11.0. The summed E-state index contributed by atoms with van der Waals surface area (Å²) in [6.45, 7) is 4.98. The second-order valence-electron chi connectivity index (χ2n) is 7.56. The first-order valence-corrected chi connectivity index (χ1v) is 11.1. The molecule has 34 heavy (non-hydrogen) atoms. The first kappa shape index (κ1) is 26.0. The number of nitrogens with one attached hydrogen (secondary N) is 2. The van der Waals surface area contributed by atoms with Crippen LogP contribution in [0.5, 0.6) is 0 Å². The number of hydrogen-bond acceptors (Lipinski definition) is 4. The molecule has 0 radical (unpaired) electrons. The van der Waals surface area contributed by atoms with Gasteiger partial charge in [-0.2, -0.15) is 0 Å². The molecule has 0 atom stereocenters. The number of amides is 2. The van der Waals surface area contributed by atoms with Crippen LogP contribution < -0.4 is 16.4 Å². The number of carbonyl (C=O) groups excluding carboxylic acids is 2. The molecule has 3 aromatic rings. The summed E-state index contributed by atoms with van der Waals surface area (Å²) in [6, 6.07) is 25.4. The standard InChI is InChI=1S/C18H22N4O.C9H9NO/c1-13-7-6-8-14(2)16(13)21-17(19)22-18(23)20-12-11-15-9-4-3-5-10-15;11-8-10-7-6-9-4-2-1-3-5-9/h3-10H,11-12H2,1-2H3,(H4,19,20,21,22,23);1-5H,6-7H2. The normalized spacial score (nSPS) is 10.4. The number of isocyanates is 1. The molecule has 0 aliphatic carbocycles. The molecular formula is C27H31N5O2. The first-order valence-electron chi connectivity index (χ1n) is 11.1. The highest BCUT2D eigenvalue weighted by Gasteiger charge is 2.05. The quantitative estimate of drug-likeness (QED) is 0.279. The van der Waals surface area contributed by atoms with Crippen LogP contribution in [0.15, 0.2) is 88.8 Å². The van der Waals surface area contributed by atoms with Crippen LogP contribution in [0.2, 0.25) is 0 Å². The van der Waals surface area contributed by atoms with Crippen molar-refractivity contribution in [2.24, 2.45) is 15.7 Å². The second-order valence-corrected chi connectivity index (χ2v) is 7.56. The predicted molar refractivity (Wildman–Crippen MR) is 137 cm³/mol. The van der Waals surface area contributed by atoms with Crippen molar-refractivity contribution < 1.29 is 9.59 Å². The van der Waals surface area contributed by atoms with Crippen molar-refractivity contribution in [3.8, 4) is 0 Å². The molecule has 176 valence electrons. The van der Waals surface area contributed by atoms with Gasteiger partial charge in [-0.25, -0.2) is 19.6 Å². The predicted octanol–water partition coefficient (Wildman–Crippen LogP) is 4.36. The number of urea groups is 1. The van der Waals surface area contributed by atoms with E-state index in [4.69, 9.17) is 5.73 Å². The van der Waals surface area contributed by atoms with Crippen molar-refractivity contribution in [3.63, 3.8) is 0 Å². The molecule has 7 nitrogen and oxygen atoms in total. The minimum Gasteiger partial charge on any atom is -0.369 e. The van der Waals surface area contributed by atoms with Gasteiger partial charge in [-0.3, -0.25) is 5.32 Å². The van der Waals surface area contributed by atoms with Crippen LogP contribution in [0.1, 0.15) is 22.3 Å². The summed E-state index contributed by atoms with van der Waals surface area (Å²) in [6.07, 6.45) is 3.09. The largest absolute Gasteiger partial charge is 0.369 e. The second kappa shape index (κ2) is 14.8. The van der Waals surface area contributed by atoms with Crippen LogP contribution >= 0.6 is 0 Å². The molecule has 0 bridgehead atoms. The fourth-order valence-corrected chi connectivity index (χ4v) is 3.13. The summed E-state index contributed by atoms with van der Waals surface area (Å²) in [4.78, 5) is 29.3. The molecule has 2 amide bonds. The average Bonchev–Trinajstić information content (AvgIpc) is 2.83. The van der Waals surface area contributed by atoms with E-state index in [0.717, 1.165) is 29.7 Å². The molecular weight excluding hydrogens is 426 g/mol. The van der Waals surface area contributed by atoms with Crippen LogP contribution in [0.25, 0.3) is 0 Å². The Morgan fingerprint density at radius 1 is 0.853 bits per heavy atom. The van der Waals surface area contributed by atoms with Crippen LogP contribution in [-0.4, -0.2) is 31.2 Å². The number of nitrogens with two attached hydrogens (primary N) is 1. The maximum Gasteiger partial charge on any atom is 0.321 e. The van der Waals surface area contributed by atoms with Crippen molar-refractivity contribution in [2.75, 3.05) is 13.1 Å². The number of nitrogens with zero attached hydrogens (tertiary/aromatic N) is 2. The molecule has 0 aliphatic heterocycles. The smallest absolute Gasteiger partial charge is 0.321 e. The zero-order chi connectivity index (χ0) is 24.6. The van der Waals surface area contributed by atoms with E-state index in [0.29, 0.717) is 13.1 Å². The topological polar surface area (TPSA) is 109 Å². The summed E-state index contributed by atoms with van der Waals surface area (Å²) < 4.78 is 0. The van der Waals surface area contributed by atoms with Gasteiger partial charge in [-0.05, 0) is 48.9 Å². The Bertz CT molecular complexity index is 1090. The number of guanidine groups is 1. The minimum absolute atomic E-state index is 0.0830. The van der Waals surface area contributed by atoms with Crippen molar-refractivity contribution >= 4 is 23.8 Å². The Morgan fingerprint density at radius 2 is 1.41 bits per heavy atom. The third-order valence-electron chi connectivity index (χ3n) is 4.88. The lowest BCUT2D eigenvalue weighted by Gasteiger charge is -2.09. The van der Waals surface area contributed by atoms with Gasteiger partial charge in [0, 0.05) is 6.54 Å². The maximum absolute atomic E-state index is 11.8. The Labute approximate surface area is 200 Å². The Kier molecular flexibility index (Phi) is 11.3. The molecule has 0 saturated carbocycles. The molecule has 3 rings (SSSR count). The monoisotopic (exact) mass is 457 g/mol. The van der Waals surface area contributed by atoms with Crippen LogP contribution in [0, 0.1) is 13.8 Å². The van der Waals surface area contributed by atoms with Gasteiger partial charge in [0.1, 0.15) is 0 Å². The summed E-state index contributed by atoms with van der Waals surface area (Å²) in [7, 11) is 0. The van der Waals surface area contributed by atoms with Gasteiger partial charge in [0.2, 0.25) is 12.0 Å². The van der Waals surface area contributed by atoms with Crippen molar-refractivity contribution in [2.45, 2.75) is 26.7 Å². The van der Waals surface area contributed by atoms with E-state index < -0.39 is 0 Å². The van der Waals surface area contributed by atoms with E-state index in [2.05, 4.69) is 20.6 Å². The molecule has 7 heteroatoms. The van der Waals surface area contributed by atoms with Gasteiger partial charge in [0.15, 0.2) is 0 Å². The fraction of sp³-hybridized carbons (Fsp3) is 0.222. The third kappa shape index (κ3) is 9.94. The Hall–Kier alpha value is -4.22. The minimum atomic E-state index is -0.353. The maximum atomic E-state index is 11.8. The van der Waals surface area contributed by atoms with E-state index >= 15 is 0 Å². The van der Waals surface area contributed by atoms with E-state index in [1.807, 2.05) is 92.7 Å². The molecule has 0 fully saturated rings. The SMILES string of the molecule is Cc1cccc(C)c1N=C(N)NC(=O)NCCc1ccccc1.O=C=NCCc1ccccc1. The van der Waals surface area contributed by atoms with Gasteiger partial charge in [0.05, 0.1) is 12.2 Å². The summed E-state index contributed by atoms with van der Waals surface area (Å²) >= 11 is 0. The fourth-order valence-electron chi connectivity index (χ4n) is 3.13. The van der Waals surface area contributed by atoms with Crippen LogP contribution in [0.4, 0.5) is 10.5 Å². The number of hydrogen-bond donors (Lipinski definition) is 3. The number of aryl methyl sites for hydroxylation is 2. The highest BCUT2D eigenvalue weighted by atomic mass is 16.2. The zero-order valence-electron chi connectivity index (χ0n) is 19.6. The lowest BCUT2D eigenvalue weighted by atomic mass is 10.1. The number of aliphatic imine (C=N–C) groups is 2. The highest BCUT2D eigenvalue weighted by molar-refractivity contribution is 5.96. The van der Waals surface area contributed by atoms with Crippen molar-refractivity contribution in [1.29, 1.82) is 0 Å². The molecule has 0 spiro atoms. The van der Waals surface area contributed by atoms with Gasteiger partial charge >= 0.3 is 6.03 Å². The van der Waals surface area contributed by atoms with Crippen LogP contribution in [-0.2, 0) is 17.6 Å². The lowest BCUT2D eigenvalue weighted by molar-refractivity contribution is 0.245. The zero-order valence-corrected chi connectivity index (χ0v) is 19.6. The molecule has 0 aliphatic rings. The molecule has 0 unspecified atom stereocenters. The summed E-state index contributed by atoms with van der Waals surface area (Å²) in [5, 5.41) is 5.31. The molecule has 3 aromatic carbocycles.